The normalized spacial score (nSPS) is 50.8. The summed E-state index contributed by atoms with van der Waals surface area (Å²) in [5.41, 5.74) is 3.30. The standard InChI is InChI=1S/C24H35NO2/c1-15(25-5)19-8-9-20-18-7-6-17-13-22(2,27)10-11-23(17,3)21(18)16(14-26)12-24(19,20)4/h6,16,18,20-21,26-27H,7-14H2,1-4H3/b19-15-/t16-,18+,20+,21+,22-,23+,24-/m1/s1. The molecule has 4 rings (SSSR count). The molecule has 0 aromatic rings. The Bertz CT molecular complexity index is 742. The van der Waals surface area contributed by atoms with E-state index in [4.69, 9.17) is 6.57 Å². The Kier molecular flexibility index (Phi) is 4.41. The zero-order chi connectivity index (χ0) is 19.6. The zero-order valence-corrected chi connectivity index (χ0v) is 17.4. The Morgan fingerprint density at radius 2 is 2.00 bits per heavy atom. The van der Waals surface area contributed by atoms with Crippen molar-refractivity contribution in [1.29, 1.82) is 0 Å². The van der Waals surface area contributed by atoms with Crippen LogP contribution in [0.4, 0.5) is 0 Å². The minimum Gasteiger partial charge on any atom is -0.396 e. The Hall–Kier alpha value is -1.11. The van der Waals surface area contributed by atoms with E-state index in [1.165, 1.54) is 17.6 Å². The molecule has 148 valence electrons. The Morgan fingerprint density at radius 1 is 1.26 bits per heavy atom. The van der Waals surface area contributed by atoms with Crippen LogP contribution in [-0.2, 0) is 0 Å². The molecule has 4 aliphatic carbocycles. The Balaban J connectivity index is 1.77. The number of aliphatic hydroxyl groups excluding tert-OH is 1. The van der Waals surface area contributed by atoms with E-state index in [-0.39, 0.29) is 17.4 Å². The van der Waals surface area contributed by atoms with Crippen molar-refractivity contribution in [2.45, 2.75) is 78.2 Å². The molecule has 27 heavy (non-hydrogen) atoms. The van der Waals surface area contributed by atoms with Gasteiger partial charge >= 0.3 is 0 Å². The number of fused-ring (bicyclic) bond motifs is 5. The third kappa shape index (κ3) is 2.67. The number of aliphatic hydroxyl groups is 2. The summed E-state index contributed by atoms with van der Waals surface area (Å²) in [6.45, 7) is 16.5. The lowest BCUT2D eigenvalue weighted by Crippen LogP contribution is -2.55. The molecule has 3 fully saturated rings. The average molecular weight is 370 g/mol. The van der Waals surface area contributed by atoms with Gasteiger partial charge in [0.15, 0.2) is 5.70 Å². The molecule has 0 spiro atoms. The summed E-state index contributed by atoms with van der Waals surface area (Å²) in [6, 6.07) is 0. The first-order valence-electron chi connectivity index (χ1n) is 10.8. The first-order chi connectivity index (χ1) is 12.7. The summed E-state index contributed by atoms with van der Waals surface area (Å²) in [7, 11) is 0. The van der Waals surface area contributed by atoms with Crippen LogP contribution in [0, 0.1) is 41.1 Å². The van der Waals surface area contributed by atoms with E-state index >= 15 is 0 Å². The second-order valence-corrected chi connectivity index (χ2v) is 10.6. The zero-order valence-electron chi connectivity index (χ0n) is 17.4. The summed E-state index contributed by atoms with van der Waals surface area (Å²) in [5, 5.41) is 21.0. The molecule has 0 aromatic carbocycles. The molecule has 2 N–H and O–H groups in total. The first-order valence-corrected chi connectivity index (χ1v) is 10.8. The van der Waals surface area contributed by atoms with E-state index in [9.17, 15) is 10.2 Å². The topological polar surface area (TPSA) is 44.8 Å². The van der Waals surface area contributed by atoms with Gasteiger partial charge < -0.3 is 10.2 Å². The fourth-order valence-corrected chi connectivity index (χ4v) is 7.86. The van der Waals surface area contributed by atoms with Gasteiger partial charge in [-0.2, -0.15) is 0 Å². The van der Waals surface area contributed by atoms with Crippen molar-refractivity contribution in [1.82, 2.24) is 0 Å². The van der Waals surface area contributed by atoms with Gasteiger partial charge in [0.25, 0.3) is 0 Å². The second-order valence-electron chi connectivity index (χ2n) is 10.6. The molecule has 4 aliphatic rings. The maximum atomic E-state index is 10.6. The highest BCUT2D eigenvalue weighted by atomic mass is 16.3. The lowest BCUT2D eigenvalue weighted by Gasteiger charge is -2.61. The van der Waals surface area contributed by atoms with E-state index in [0.29, 0.717) is 23.7 Å². The Morgan fingerprint density at radius 3 is 2.67 bits per heavy atom. The van der Waals surface area contributed by atoms with Gasteiger partial charge in [-0.15, -0.1) is 0 Å². The SMILES string of the molecule is [C-]#[N+]/C(C)=C1/CC[C@H]2[C@@H]3CC=C4C[C@](C)(O)CC[C@]4(C)[C@H]3[C@@H](CO)C[C@]12C. The minimum atomic E-state index is -0.577. The van der Waals surface area contributed by atoms with Crippen LogP contribution >= 0.6 is 0 Å². The number of rotatable bonds is 1. The van der Waals surface area contributed by atoms with Crippen LogP contribution in [0.1, 0.15) is 72.6 Å². The van der Waals surface area contributed by atoms with E-state index < -0.39 is 5.60 Å². The van der Waals surface area contributed by atoms with E-state index in [2.05, 4.69) is 24.8 Å². The predicted molar refractivity (Wildman–Crippen MR) is 108 cm³/mol. The van der Waals surface area contributed by atoms with Crippen molar-refractivity contribution in [3.05, 3.63) is 34.3 Å². The molecule has 0 unspecified atom stereocenters. The van der Waals surface area contributed by atoms with Crippen LogP contribution in [-0.4, -0.2) is 22.4 Å². The van der Waals surface area contributed by atoms with Crippen LogP contribution in [0.3, 0.4) is 0 Å². The van der Waals surface area contributed by atoms with Crippen LogP contribution in [0.25, 0.3) is 4.85 Å². The molecule has 0 saturated heterocycles. The molecule has 0 aliphatic heterocycles. The molecule has 0 radical (unpaired) electrons. The van der Waals surface area contributed by atoms with Crippen LogP contribution in [0.5, 0.6) is 0 Å². The molecule has 3 saturated carbocycles. The fraction of sp³-hybridized carbons (Fsp3) is 0.792. The summed E-state index contributed by atoms with van der Waals surface area (Å²) >= 11 is 0. The number of hydrogen-bond donors (Lipinski definition) is 2. The van der Waals surface area contributed by atoms with Gasteiger partial charge in [0, 0.05) is 6.61 Å². The van der Waals surface area contributed by atoms with Gasteiger partial charge in [0.2, 0.25) is 0 Å². The quantitative estimate of drug-likeness (QED) is 0.498. The maximum Gasteiger partial charge on any atom is 0.162 e. The van der Waals surface area contributed by atoms with Crippen molar-refractivity contribution >= 4 is 0 Å². The summed E-state index contributed by atoms with van der Waals surface area (Å²) in [4.78, 5) is 3.78. The van der Waals surface area contributed by atoms with Gasteiger partial charge in [-0.05, 0) is 93.3 Å². The summed E-state index contributed by atoms with van der Waals surface area (Å²) in [5.74, 6) is 2.01. The third-order valence-electron chi connectivity index (χ3n) is 9.08. The average Bonchev–Trinajstić information content (AvgIpc) is 2.97. The summed E-state index contributed by atoms with van der Waals surface area (Å²) in [6.07, 6.45) is 9.44. The van der Waals surface area contributed by atoms with Crippen molar-refractivity contribution in [3.8, 4) is 0 Å². The van der Waals surface area contributed by atoms with E-state index in [1.54, 1.807) is 0 Å². The smallest absolute Gasteiger partial charge is 0.162 e. The molecule has 0 amide bonds. The highest BCUT2D eigenvalue weighted by Gasteiger charge is 2.60. The van der Waals surface area contributed by atoms with Crippen LogP contribution in [0.15, 0.2) is 22.9 Å². The van der Waals surface area contributed by atoms with Gasteiger partial charge in [0.05, 0.1) is 12.2 Å². The molecule has 0 bridgehead atoms. The van der Waals surface area contributed by atoms with E-state index in [0.717, 1.165) is 44.2 Å². The lowest BCUT2D eigenvalue weighted by atomic mass is 9.44. The summed E-state index contributed by atoms with van der Waals surface area (Å²) < 4.78 is 0. The van der Waals surface area contributed by atoms with Crippen LogP contribution < -0.4 is 0 Å². The van der Waals surface area contributed by atoms with Crippen molar-refractivity contribution in [2.24, 2.45) is 34.5 Å². The van der Waals surface area contributed by atoms with Gasteiger partial charge in [-0.25, -0.2) is 4.85 Å². The second kappa shape index (κ2) is 6.19. The van der Waals surface area contributed by atoms with Crippen molar-refractivity contribution < 1.29 is 10.2 Å². The monoisotopic (exact) mass is 369 g/mol. The Labute approximate surface area is 164 Å². The lowest BCUT2D eigenvalue weighted by molar-refractivity contribution is -0.0921. The molecular formula is C24H35NO2. The van der Waals surface area contributed by atoms with Gasteiger partial charge in [0.1, 0.15) is 0 Å². The highest BCUT2D eigenvalue weighted by Crippen LogP contribution is 2.68. The fourth-order valence-electron chi connectivity index (χ4n) is 7.86. The molecular weight excluding hydrogens is 334 g/mol. The van der Waals surface area contributed by atoms with Crippen molar-refractivity contribution in [3.63, 3.8) is 0 Å². The maximum absolute atomic E-state index is 10.6. The minimum absolute atomic E-state index is 0.0745. The largest absolute Gasteiger partial charge is 0.396 e. The number of nitrogens with zero attached hydrogens (tertiary/aromatic N) is 1. The number of hydrogen-bond acceptors (Lipinski definition) is 2. The molecule has 0 aromatic heterocycles. The van der Waals surface area contributed by atoms with Gasteiger partial charge in [-0.1, -0.05) is 31.1 Å². The predicted octanol–water partition coefficient (Wildman–Crippen LogP) is 5.11. The molecule has 3 heteroatoms. The molecule has 7 atom stereocenters. The van der Waals surface area contributed by atoms with Gasteiger partial charge in [-0.3, -0.25) is 0 Å². The molecule has 3 nitrogen and oxygen atoms in total. The van der Waals surface area contributed by atoms with Crippen molar-refractivity contribution in [2.75, 3.05) is 6.61 Å². The molecule has 0 heterocycles. The van der Waals surface area contributed by atoms with E-state index in [1.807, 2.05) is 13.8 Å². The first kappa shape index (κ1) is 19.2. The third-order valence-corrected chi connectivity index (χ3v) is 9.08. The highest BCUT2D eigenvalue weighted by molar-refractivity contribution is 5.34. The van der Waals surface area contributed by atoms with Crippen LogP contribution in [0.2, 0.25) is 0 Å². The number of allylic oxidation sites excluding steroid dienone is 3.